The number of hydrogen-bond donors (Lipinski definition) is 0. The molecule has 5 heteroatoms. The van der Waals surface area contributed by atoms with E-state index in [4.69, 9.17) is 9.26 Å². The van der Waals surface area contributed by atoms with E-state index in [-0.39, 0.29) is 5.82 Å². The van der Waals surface area contributed by atoms with E-state index in [0.717, 1.165) is 11.5 Å². The van der Waals surface area contributed by atoms with E-state index in [0.29, 0.717) is 30.3 Å². The van der Waals surface area contributed by atoms with Crippen LogP contribution in [0.2, 0.25) is 0 Å². The van der Waals surface area contributed by atoms with Gasteiger partial charge in [-0.05, 0) is 13.1 Å². The van der Waals surface area contributed by atoms with E-state index in [1.807, 2.05) is 18.0 Å². The van der Waals surface area contributed by atoms with Gasteiger partial charge in [0.15, 0.2) is 0 Å². The Labute approximate surface area is 124 Å². The first-order chi connectivity index (χ1) is 9.99. The van der Waals surface area contributed by atoms with Crippen LogP contribution >= 0.6 is 0 Å². The van der Waals surface area contributed by atoms with Crippen molar-refractivity contribution in [2.24, 2.45) is 0 Å². The molecule has 0 saturated carbocycles. The fourth-order valence-corrected chi connectivity index (χ4v) is 2.08. The summed E-state index contributed by atoms with van der Waals surface area (Å²) >= 11 is 0. The average molecular weight is 292 g/mol. The Bertz CT molecular complexity index is 596. The molecule has 21 heavy (non-hydrogen) atoms. The van der Waals surface area contributed by atoms with E-state index < -0.39 is 0 Å². The maximum Gasteiger partial charge on any atom is 0.139 e. The van der Waals surface area contributed by atoms with Crippen LogP contribution < -0.4 is 4.74 Å². The van der Waals surface area contributed by atoms with Gasteiger partial charge >= 0.3 is 0 Å². The SMILES string of the molecule is COc1ccc(CN(C)Cc2cc(C(C)C)on2)c(F)c1. The first-order valence-electron chi connectivity index (χ1n) is 6.96. The summed E-state index contributed by atoms with van der Waals surface area (Å²) in [7, 11) is 3.45. The van der Waals surface area contributed by atoms with E-state index >= 15 is 0 Å². The number of methoxy groups -OCH3 is 1. The third-order valence-electron chi connectivity index (χ3n) is 3.28. The van der Waals surface area contributed by atoms with E-state index in [2.05, 4.69) is 19.0 Å². The van der Waals surface area contributed by atoms with Crippen molar-refractivity contribution >= 4 is 0 Å². The normalized spacial score (nSPS) is 11.4. The fraction of sp³-hybridized carbons (Fsp3) is 0.438. The molecule has 0 N–H and O–H groups in total. The molecule has 2 aromatic rings. The molecule has 114 valence electrons. The fourth-order valence-electron chi connectivity index (χ4n) is 2.08. The van der Waals surface area contributed by atoms with Crippen LogP contribution in [0.1, 0.15) is 36.8 Å². The Morgan fingerprint density at radius 3 is 2.62 bits per heavy atom. The molecule has 1 aromatic heterocycles. The third-order valence-corrected chi connectivity index (χ3v) is 3.28. The minimum atomic E-state index is -0.260. The van der Waals surface area contributed by atoms with Gasteiger partial charge in [0.2, 0.25) is 0 Å². The summed E-state index contributed by atoms with van der Waals surface area (Å²) in [5.74, 6) is 1.45. The van der Waals surface area contributed by atoms with Gasteiger partial charge in [0, 0.05) is 36.7 Å². The molecule has 0 aliphatic carbocycles. The number of halogens is 1. The molecular weight excluding hydrogens is 271 g/mol. The summed E-state index contributed by atoms with van der Waals surface area (Å²) in [4.78, 5) is 1.99. The van der Waals surface area contributed by atoms with Crippen molar-refractivity contribution in [2.75, 3.05) is 14.2 Å². The zero-order chi connectivity index (χ0) is 15.4. The van der Waals surface area contributed by atoms with Crippen LogP contribution in [0.5, 0.6) is 5.75 Å². The van der Waals surface area contributed by atoms with Crippen molar-refractivity contribution in [3.63, 3.8) is 0 Å². The second-order valence-corrected chi connectivity index (χ2v) is 5.50. The largest absolute Gasteiger partial charge is 0.497 e. The van der Waals surface area contributed by atoms with Crippen LogP contribution in [-0.4, -0.2) is 24.2 Å². The van der Waals surface area contributed by atoms with Crippen molar-refractivity contribution in [2.45, 2.75) is 32.9 Å². The van der Waals surface area contributed by atoms with Crippen LogP contribution in [0, 0.1) is 5.82 Å². The highest BCUT2D eigenvalue weighted by Gasteiger charge is 2.12. The maximum absolute atomic E-state index is 13.9. The summed E-state index contributed by atoms with van der Waals surface area (Å²) in [6.07, 6.45) is 0. The second kappa shape index (κ2) is 6.72. The molecule has 4 nitrogen and oxygen atoms in total. The van der Waals surface area contributed by atoms with Gasteiger partial charge in [-0.3, -0.25) is 4.90 Å². The second-order valence-electron chi connectivity index (χ2n) is 5.50. The molecule has 0 saturated heterocycles. The van der Waals surface area contributed by atoms with Gasteiger partial charge in [0.25, 0.3) is 0 Å². The lowest BCUT2D eigenvalue weighted by Gasteiger charge is -2.15. The highest BCUT2D eigenvalue weighted by atomic mass is 19.1. The zero-order valence-corrected chi connectivity index (χ0v) is 12.9. The van der Waals surface area contributed by atoms with E-state index in [1.54, 1.807) is 12.1 Å². The van der Waals surface area contributed by atoms with Crippen molar-refractivity contribution in [1.29, 1.82) is 0 Å². The van der Waals surface area contributed by atoms with Gasteiger partial charge < -0.3 is 9.26 Å². The molecule has 0 atom stereocenters. The van der Waals surface area contributed by atoms with Crippen LogP contribution in [0.15, 0.2) is 28.8 Å². The van der Waals surface area contributed by atoms with Gasteiger partial charge in [0.05, 0.1) is 12.8 Å². The molecule has 0 bridgehead atoms. The minimum absolute atomic E-state index is 0.260. The number of nitrogens with zero attached hydrogens (tertiary/aromatic N) is 2. The monoisotopic (exact) mass is 292 g/mol. The number of rotatable bonds is 6. The lowest BCUT2D eigenvalue weighted by Crippen LogP contribution is -2.18. The molecule has 0 spiro atoms. The maximum atomic E-state index is 13.9. The highest BCUT2D eigenvalue weighted by molar-refractivity contribution is 5.28. The standard InChI is InChI=1S/C16H21FN2O2/c1-11(2)16-7-13(18-21-16)10-19(3)9-12-5-6-14(20-4)8-15(12)17/h5-8,11H,9-10H2,1-4H3. The number of aromatic nitrogens is 1. The van der Waals surface area contributed by atoms with Crippen LogP contribution in [0.25, 0.3) is 0 Å². The van der Waals surface area contributed by atoms with Gasteiger partial charge in [0.1, 0.15) is 17.3 Å². The van der Waals surface area contributed by atoms with Gasteiger partial charge in [-0.1, -0.05) is 25.1 Å². The zero-order valence-electron chi connectivity index (χ0n) is 12.9. The first kappa shape index (κ1) is 15.5. The summed E-state index contributed by atoms with van der Waals surface area (Å²) < 4.78 is 24.2. The predicted octanol–water partition coefficient (Wildman–Crippen LogP) is 3.58. The Morgan fingerprint density at radius 1 is 1.29 bits per heavy atom. The van der Waals surface area contributed by atoms with Crippen molar-refractivity contribution in [3.8, 4) is 5.75 Å². The molecule has 0 amide bonds. The van der Waals surface area contributed by atoms with Gasteiger partial charge in [-0.25, -0.2) is 4.39 Å². The lowest BCUT2D eigenvalue weighted by atomic mass is 10.1. The third kappa shape index (κ3) is 4.04. The summed E-state index contributed by atoms with van der Waals surface area (Å²) in [5, 5.41) is 4.04. The summed E-state index contributed by atoms with van der Waals surface area (Å²) in [6.45, 7) is 5.23. The Balaban J connectivity index is 1.99. The molecule has 0 fully saturated rings. The average Bonchev–Trinajstić information content (AvgIpc) is 2.89. The van der Waals surface area contributed by atoms with Crippen molar-refractivity contribution in [1.82, 2.24) is 10.1 Å². The Morgan fingerprint density at radius 2 is 2.05 bits per heavy atom. The van der Waals surface area contributed by atoms with Crippen molar-refractivity contribution < 1.29 is 13.7 Å². The number of hydrogen-bond acceptors (Lipinski definition) is 4. The number of benzene rings is 1. The van der Waals surface area contributed by atoms with Crippen molar-refractivity contribution in [3.05, 3.63) is 47.1 Å². The molecule has 1 heterocycles. The molecule has 1 aromatic carbocycles. The Kier molecular flexibility index (Phi) is 4.96. The molecule has 0 unspecified atom stereocenters. The minimum Gasteiger partial charge on any atom is -0.497 e. The van der Waals surface area contributed by atoms with Gasteiger partial charge in [-0.15, -0.1) is 0 Å². The highest BCUT2D eigenvalue weighted by Crippen LogP contribution is 2.19. The predicted molar refractivity (Wildman–Crippen MR) is 78.7 cm³/mol. The van der Waals surface area contributed by atoms with Crippen LogP contribution in [-0.2, 0) is 13.1 Å². The summed E-state index contributed by atoms with van der Waals surface area (Å²) in [6, 6.07) is 6.86. The van der Waals surface area contributed by atoms with Crippen LogP contribution in [0.4, 0.5) is 4.39 Å². The molecule has 2 rings (SSSR count). The molecular formula is C16H21FN2O2. The Hall–Kier alpha value is -1.88. The molecule has 0 radical (unpaired) electrons. The van der Waals surface area contributed by atoms with E-state index in [9.17, 15) is 4.39 Å². The number of ether oxygens (including phenoxy) is 1. The molecule has 0 aliphatic heterocycles. The quantitative estimate of drug-likeness (QED) is 0.815. The van der Waals surface area contributed by atoms with Gasteiger partial charge in [-0.2, -0.15) is 0 Å². The molecule has 0 aliphatic rings. The topological polar surface area (TPSA) is 38.5 Å². The first-order valence-corrected chi connectivity index (χ1v) is 6.96. The van der Waals surface area contributed by atoms with Crippen LogP contribution in [0.3, 0.4) is 0 Å². The smallest absolute Gasteiger partial charge is 0.139 e. The van der Waals surface area contributed by atoms with E-state index in [1.165, 1.54) is 13.2 Å². The summed E-state index contributed by atoms with van der Waals surface area (Å²) in [5.41, 5.74) is 1.49. The lowest BCUT2D eigenvalue weighted by molar-refractivity contribution is 0.295.